The number of ether oxygens (including phenoxy) is 1. The first kappa shape index (κ1) is 15.8. The fraction of sp³-hybridized carbons (Fsp3) is 0.500. The number of hydrogen-bond donors (Lipinski definition) is 0. The molecule has 1 aromatic rings. The van der Waals surface area contributed by atoms with Crippen LogP contribution < -0.4 is 4.74 Å². The van der Waals surface area contributed by atoms with E-state index in [1.807, 2.05) is 18.2 Å². The van der Waals surface area contributed by atoms with E-state index in [2.05, 4.69) is 15.9 Å². The van der Waals surface area contributed by atoms with Crippen LogP contribution in [0.5, 0.6) is 5.75 Å². The van der Waals surface area contributed by atoms with Gasteiger partial charge in [0.25, 0.3) is 0 Å². The zero-order valence-electron chi connectivity index (χ0n) is 10.2. The molecule has 0 N–H and O–H groups in total. The van der Waals surface area contributed by atoms with Crippen LogP contribution in [-0.2, 0) is 15.7 Å². The van der Waals surface area contributed by atoms with Crippen LogP contribution in [0.4, 0.5) is 0 Å². The monoisotopic (exact) mass is 354 g/mol. The highest BCUT2D eigenvalue weighted by Gasteiger charge is 2.08. The Balaban J connectivity index is 2.49. The molecule has 0 spiro atoms. The lowest BCUT2D eigenvalue weighted by molar-refractivity contribution is 0.315. The van der Waals surface area contributed by atoms with Crippen LogP contribution in [0, 0.1) is 0 Å². The van der Waals surface area contributed by atoms with Crippen LogP contribution in [0.25, 0.3) is 0 Å². The van der Waals surface area contributed by atoms with Crippen molar-refractivity contribution < 1.29 is 13.2 Å². The van der Waals surface area contributed by atoms with E-state index in [1.165, 1.54) is 0 Å². The van der Waals surface area contributed by atoms with Crippen molar-refractivity contribution in [2.75, 3.05) is 18.1 Å². The predicted molar refractivity (Wildman–Crippen MR) is 78.1 cm³/mol. The van der Waals surface area contributed by atoms with Gasteiger partial charge in [0, 0.05) is 15.8 Å². The molecule has 0 fully saturated rings. The summed E-state index contributed by atoms with van der Waals surface area (Å²) in [5.74, 6) is 1.42. The van der Waals surface area contributed by atoms with Crippen molar-refractivity contribution in [1.82, 2.24) is 0 Å². The summed E-state index contributed by atoms with van der Waals surface area (Å²) in [5.41, 5.74) is 0.893. The van der Waals surface area contributed by atoms with Gasteiger partial charge < -0.3 is 4.74 Å². The number of rotatable bonds is 7. The third kappa shape index (κ3) is 5.16. The highest BCUT2D eigenvalue weighted by Crippen LogP contribution is 2.24. The summed E-state index contributed by atoms with van der Waals surface area (Å²) >= 11 is 9.18. The van der Waals surface area contributed by atoms with E-state index in [0.717, 1.165) is 10.0 Å². The van der Waals surface area contributed by atoms with Gasteiger partial charge in [0.15, 0.2) is 0 Å². The third-order valence-electron chi connectivity index (χ3n) is 2.46. The summed E-state index contributed by atoms with van der Waals surface area (Å²) in [4.78, 5) is 0. The van der Waals surface area contributed by atoms with Gasteiger partial charge in [-0.2, -0.15) is 0 Å². The van der Waals surface area contributed by atoms with Gasteiger partial charge in [0.1, 0.15) is 15.6 Å². The van der Waals surface area contributed by atoms with Crippen molar-refractivity contribution in [3.05, 3.63) is 28.2 Å². The molecule has 1 rings (SSSR count). The Bertz CT molecular complexity index is 488. The van der Waals surface area contributed by atoms with Gasteiger partial charge in [-0.3, -0.25) is 0 Å². The summed E-state index contributed by atoms with van der Waals surface area (Å²) in [6, 6.07) is 5.59. The van der Waals surface area contributed by atoms with Crippen molar-refractivity contribution in [2.45, 2.75) is 19.2 Å². The molecule has 6 heteroatoms. The second-order valence-electron chi connectivity index (χ2n) is 3.82. The summed E-state index contributed by atoms with van der Waals surface area (Å²) in [6.07, 6.45) is 0.494. The fourth-order valence-electron chi connectivity index (χ4n) is 1.40. The highest BCUT2D eigenvalue weighted by atomic mass is 79.9. The average molecular weight is 356 g/mol. The van der Waals surface area contributed by atoms with Crippen LogP contribution in [-0.4, -0.2) is 26.5 Å². The first-order valence-corrected chi connectivity index (χ1v) is 8.81. The van der Waals surface area contributed by atoms with Gasteiger partial charge in [-0.05, 0) is 24.6 Å². The molecule has 102 valence electrons. The van der Waals surface area contributed by atoms with E-state index in [4.69, 9.17) is 16.3 Å². The molecule has 3 nitrogen and oxygen atoms in total. The Morgan fingerprint density at radius 1 is 1.39 bits per heavy atom. The van der Waals surface area contributed by atoms with E-state index in [-0.39, 0.29) is 11.5 Å². The summed E-state index contributed by atoms with van der Waals surface area (Å²) in [5, 5.41) is 0. The number of hydrogen-bond acceptors (Lipinski definition) is 3. The largest absolute Gasteiger partial charge is 0.493 e. The molecule has 0 saturated carbocycles. The summed E-state index contributed by atoms with van der Waals surface area (Å²) in [6.45, 7) is 2.03. The topological polar surface area (TPSA) is 43.4 Å². The smallest absolute Gasteiger partial charge is 0.150 e. The van der Waals surface area contributed by atoms with Gasteiger partial charge in [0.05, 0.1) is 18.2 Å². The van der Waals surface area contributed by atoms with Crippen molar-refractivity contribution in [2.24, 2.45) is 0 Å². The van der Waals surface area contributed by atoms with Gasteiger partial charge in [-0.25, -0.2) is 8.42 Å². The minimum Gasteiger partial charge on any atom is -0.493 e. The standard InChI is InChI=1S/C12H16BrClO3S/c1-2-18(15,16)7-3-6-17-12-5-4-11(13)8-10(12)9-14/h4-5,8H,2-3,6-7,9H2,1H3. The molecule has 0 atom stereocenters. The number of halogens is 2. The Hall–Kier alpha value is -0.260. The quantitative estimate of drug-likeness (QED) is 0.556. The Morgan fingerprint density at radius 3 is 2.72 bits per heavy atom. The van der Waals surface area contributed by atoms with Crippen LogP contribution in [0.15, 0.2) is 22.7 Å². The van der Waals surface area contributed by atoms with E-state index < -0.39 is 9.84 Å². The van der Waals surface area contributed by atoms with Gasteiger partial charge >= 0.3 is 0 Å². The minimum atomic E-state index is -2.91. The number of benzene rings is 1. The second-order valence-corrected chi connectivity index (χ2v) is 7.48. The molecule has 0 aliphatic heterocycles. The number of alkyl halides is 1. The third-order valence-corrected chi connectivity index (χ3v) is 5.04. The van der Waals surface area contributed by atoms with Crippen LogP contribution in [0.2, 0.25) is 0 Å². The molecule has 0 bridgehead atoms. The van der Waals surface area contributed by atoms with Crippen molar-refractivity contribution >= 4 is 37.4 Å². The molecule has 0 unspecified atom stereocenters. The molecule has 0 radical (unpaired) electrons. The van der Waals surface area contributed by atoms with Gasteiger partial charge in [-0.15, -0.1) is 11.6 Å². The SMILES string of the molecule is CCS(=O)(=O)CCCOc1ccc(Br)cc1CCl. The molecule has 0 amide bonds. The molecular formula is C12H16BrClO3S. The maximum Gasteiger partial charge on any atom is 0.150 e. The molecule has 0 aromatic heterocycles. The van der Waals surface area contributed by atoms with E-state index in [0.29, 0.717) is 24.7 Å². The summed E-state index contributed by atoms with van der Waals surface area (Å²) in [7, 11) is -2.91. The number of sulfone groups is 1. The maximum absolute atomic E-state index is 11.3. The highest BCUT2D eigenvalue weighted by molar-refractivity contribution is 9.10. The maximum atomic E-state index is 11.3. The lowest BCUT2D eigenvalue weighted by atomic mass is 10.2. The van der Waals surface area contributed by atoms with E-state index in [1.54, 1.807) is 6.92 Å². The molecule has 0 heterocycles. The van der Waals surface area contributed by atoms with Gasteiger partial charge in [0.2, 0.25) is 0 Å². The first-order chi connectivity index (χ1) is 8.48. The van der Waals surface area contributed by atoms with E-state index in [9.17, 15) is 8.42 Å². The van der Waals surface area contributed by atoms with Gasteiger partial charge in [-0.1, -0.05) is 22.9 Å². The minimum absolute atomic E-state index is 0.163. The zero-order chi connectivity index (χ0) is 13.6. The van der Waals surface area contributed by atoms with Crippen molar-refractivity contribution in [3.63, 3.8) is 0 Å². The fourth-order valence-corrected chi connectivity index (χ4v) is 2.86. The Kier molecular flexibility index (Phi) is 6.46. The summed E-state index contributed by atoms with van der Waals surface area (Å²) < 4.78 is 29.1. The lowest BCUT2D eigenvalue weighted by Gasteiger charge is -2.10. The molecular weight excluding hydrogens is 340 g/mol. The van der Waals surface area contributed by atoms with Crippen molar-refractivity contribution in [3.8, 4) is 5.75 Å². The average Bonchev–Trinajstić information content (AvgIpc) is 2.36. The van der Waals surface area contributed by atoms with Crippen LogP contribution in [0.3, 0.4) is 0 Å². The zero-order valence-corrected chi connectivity index (χ0v) is 13.3. The second kappa shape index (κ2) is 7.36. The predicted octanol–water partition coefficient (Wildman–Crippen LogP) is 3.39. The normalized spacial score (nSPS) is 11.5. The van der Waals surface area contributed by atoms with E-state index >= 15 is 0 Å². The molecule has 18 heavy (non-hydrogen) atoms. The Morgan fingerprint density at radius 2 is 2.11 bits per heavy atom. The molecule has 1 aromatic carbocycles. The lowest BCUT2D eigenvalue weighted by Crippen LogP contribution is -2.12. The molecule has 0 aliphatic rings. The first-order valence-electron chi connectivity index (χ1n) is 5.66. The Labute approximate surface area is 122 Å². The van der Waals surface area contributed by atoms with Crippen molar-refractivity contribution in [1.29, 1.82) is 0 Å². The van der Waals surface area contributed by atoms with Crippen LogP contribution >= 0.6 is 27.5 Å². The van der Waals surface area contributed by atoms with Crippen LogP contribution in [0.1, 0.15) is 18.9 Å². The molecule has 0 aliphatic carbocycles. The molecule has 0 saturated heterocycles.